The van der Waals surface area contributed by atoms with E-state index < -0.39 is 5.91 Å². The number of hydrogen-bond donors (Lipinski definition) is 1. The highest BCUT2D eigenvalue weighted by molar-refractivity contribution is 6.37. The third kappa shape index (κ3) is 4.69. The molecule has 35 heavy (non-hydrogen) atoms. The predicted octanol–water partition coefficient (Wildman–Crippen LogP) is 7.14. The van der Waals surface area contributed by atoms with Crippen molar-refractivity contribution in [1.82, 2.24) is 9.78 Å². The first kappa shape index (κ1) is 22.5. The first-order chi connectivity index (χ1) is 17.0. The van der Waals surface area contributed by atoms with Gasteiger partial charge in [0.2, 0.25) is 0 Å². The number of carbonyl (C=O) groups is 1. The highest BCUT2D eigenvalue weighted by Gasteiger charge is 2.18. The minimum atomic E-state index is -0.611. The lowest BCUT2D eigenvalue weighted by atomic mass is 10.1. The van der Waals surface area contributed by atoms with E-state index in [0.29, 0.717) is 33.3 Å². The molecule has 1 amide bonds. The second-order valence-corrected chi connectivity index (χ2v) is 8.45. The lowest BCUT2D eigenvalue weighted by Gasteiger charge is -2.06. The molecular formula is C27H16Cl2N4O2. The van der Waals surface area contributed by atoms with Crippen molar-refractivity contribution in [2.24, 2.45) is 0 Å². The zero-order valence-electron chi connectivity index (χ0n) is 18.1. The van der Waals surface area contributed by atoms with E-state index in [-0.39, 0.29) is 10.6 Å². The normalized spacial score (nSPS) is 11.4. The van der Waals surface area contributed by atoms with E-state index in [1.54, 1.807) is 23.0 Å². The summed E-state index contributed by atoms with van der Waals surface area (Å²) in [5.41, 5.74) is 2.79. The fourth-order valence-corrected chi connectivity index (χ4v) is 4.04. The number of fused-ring (bicyclic) bond motifs is 1. The van der Waals surface area contributed by atoms with Crippen molar-refractivity contribution < 1.29 is 9.21 Å². The molecule has 5 aromatic rings. The molecule has 2 aromatic heterocycles. The Morgan fingerprint density at radius 2 is 1.80 bits per heavy atom. The Morgan fingerprint density at radius 1 is 1.03 bits per heavy atom. The molecule has 0 aliphatic heterocycles. The summed E-state index contributed by atoms with van der Waals surface area (Å²) in [6.45, 7) is 0. The number of furan rings is 1. The summed E-state index contributed by atoms with van der Waals surface area (Å²) in [5, 5.41) is 18.7. The van der Waals surface area contributed by atoms with Crippen molar-refractivity contribution >= 4 is 51.8 Å². The molecule has 0 atom stereocenters. The maximum Gasteiger partial charge on any atom is 0.266 e. The average molecular weight is 499 g/mol. The number of rotatable bonds is 5. The van der Waals surface area contributed by atoms with E-state index in [1.807, 2.05) is 66.7 Å². The second-order valence-electron chi connectivity index (χ2n) is 7.61. The number of halogens is 2. The van der Waals surface area contributed by atoms with E-state index in [9.17, 15) is 10.1 Å². The lowest BCUT2D eigenvalue weighted by molar-refractivity contribution is -0.112. The number of hydrogen-bond acceptors (Lipinski definition) is 4. The van der Waals surface area contributed by atoms with Crippen LogP contribution in [0.15, 0.2) is 95.0 Å². The van der Waals surface area contributed by atoms with Gasteiger partial charge in [0.15, 0.2) is 5.76 Å². The first-order valence-corrected chi connectivity index (χ1v) is 11.3. The second kappa shape index (κ2) is 9.51. The summed E-state index contributed by atoms with van der Waals surface area (Å²) in [4.78, 5) is 12.9. The highest BCUT2D eigenvalue weighted by atomic mass is 35.5. The van der Waals surface area contributed by atoms with Crippen LogP contribution in [0.1, 0.15) is 5.56 Å². The van der Waals surface area contributed by atoms with Gasteiger partial charge in [-0.25, -0.2) is 4.68 Å². The van der Waals surface area contributed by atoms with Gasteiger partial charge in [-0.1, -0.05) is 59.6 Å². The molecule has 170 valence electrons. The number of nitriles is 1. The van der Waals surface area contributed by atoms with Crippen LogP contribution in [0.4, 0.5) is 5.69 Å². The molecule has 5 rings (SSSR count). The molecule has 0 unspecified atom stereocenters. The van der Waals surface area contributed by atoms with Gasteiger partial charge in [-0.3, -0.25) is 4.79 Å². The molecule has 3 aromatic carbocycles. The molecule has 0 saturated heterocycles. The summed E-state index contributed by atoms with van der Waals surface area (Å²) >= 11 is 12.1. The number of amides is 1. The van der Waals surface area contributed by atoms with Gasteiger partial charge in [0.05, 0.1) is 16.4 Å². The Bertz CT molecular complexity index is 1600. The van der Waals surface area contributed by atoms with Gasteiger partial charge in [0, 0.05) is 22.2 Å². The van der Waals surface area contributed by atoms with Gasteiger partial charge in [0.25, 0.3) is 5.91 Å². The Kier molecular flexibility index (Phi) is 6.11. The SMILES string of the molecule is N#CC(=Cc1cn(-c2ccccc2)nc1-c1cc2ccccc2o1)C(=O)Nc1ccc(Cl)cc1Cl. The summed E-state index contributed by atoms with van der Waals surface area (Å²) in [7, 11) is 0. The van der Waals surface area contributed by atoms with Crippen molar-refractivity contribution in [3.05, 3.63) is 106 Å². The van der Waals surface area contributed by atoms with Crippen molar-refractivity contribution in [2.45, 2.75) is 0 Å². The minimum absolute atomic E-state index is 0.124. The van der Waals surface area contributed by atoms with Crippen LogP contribution < -0.4 is 5.32 Å². The van der Waals surface area contributed by atoms with E-state index in [2.05, 4.69) is 5.32 Å². The van der Waals surface area contributed by atoms with Gasteiger partial charge >= 0.3 is 0 Å². The fourth-order valence-electron chi connectivity index (χ4n) is 3.58. The van der Waals surface area contributed by atoms with E-state index >= 15 is 0 Å². The number of benzene rings is 3. The minimum Gasteiger partial charge on any atom is -0.454 e. The van der Waals surface area contributed by atoms with Crippen LogP contribution in [0.2, 0.25) is 10.0 Å². The van der Waals surface area contributed by atoms with Crippen molar-refractivity contribution in [3.8, 4) is 23.2 Å². The van der Waals surface area contributed by atoms with Crippen LogP contribution in [0.5, 0.6) is 0 Å². The number of nitrogens with zero attached hydrogens (tertiary/aromatic N) is 3. The number of anilines is 1. The van der Waals surface area contributed by atoms with Crippen LogP contribution in [-0.2, 0) is 4.79 Å². The van der Waals surface area contributed by atoms with Crippen molar-refractivity contribution in [1.29, 1.82) is 5.26 Å². The molecule has 0 spiro atoms. The number of aromatic nitrogens is 2. The summed E-state index contributed by atoms with van der Waals surface area (Å²) in [5.74, 6) is -0.0923. The zero-order chi connectivity index (χ0) is 24.4. The molecule has 0 saturated carbocycles. The Labute approximate surface area is 210 Å². The van der Waals surface area contributed by atoms with Gasteiger partial charge < -0.3 is 9.73 Å². The molecular weight excluding hydrogens is 483 g/mol. The van der Waals surface area contributed by atoms with E-state index in [1.165, 1.54) is 12.1 Å². The lowest BCUT2D eigenvalue weighted by Crippen LogP contribution is -2.13. The van der Waals surface area contributed by atoms with E-state index in [0.717, 1.165) is 11.1 Å². The monoisotopic (exact) mass is 498 g/mol. The maximum atomic E-state index is 12.9. The molecule has 1 N–H and O–H groups in total. The van der Waals surface area contributed by atoms with Gasteiger partial charge in [0.1, 0.15) is 22.9 Å². The molecule has 0 radical (unpaired) electrons. The predicted molar refractivity (Wildman–Crippen MR) is 137 cm³/mol. The molecule has 2 heterocycles. The number of carbonyl (C=O) groups excluding carboxylic acids is 1. The third-order valence-corrected chi connectivity index (χ3v) is 5.81. The van der Waals surface area contributed by atoms with Gasteiger partial charge in [-0.2, -0.15) is 10.4 Å². The molecule has 8 heteroatoms. The highest BCUT2D eigenvalue weighted by Crippen LogP contribution is 2.31. The first-order valence-electron chi connectivity index (χ1n) is 10.5. The fraction of sp³-hybridized carbons (Fsp3) is 0. The largest absolute Gasteiger partial charge is 0.454 e. The Morgan fingerprint density at radius 3 is 2.54 bits per heavy atom. The summed E-state index contributed by atoms with van der Waals surface area (Å²) in [6, 6.07) is 25.7. The van der Waals surface area contributed by atoms with Crippen LogP contribution in [0, 0.1) is 11.3 Å². The Balaban J connectivity index is 1.58. The number of nitrogens with one attached hydrogen (secondary N) is 1. The molecule has 0 aliphatic carbocycles. The Hall–Kier alpha value is -4.31. The third-order valence-electron chi connectivity index (χ3n) is 5.27. The molecule has 0 bridgehead atoms. The molecule has 6 nitrogen and oxygen atoms in total. The van der Waals surface area contributed by atoms with Crippen LogP contribution in [0.3, 0.4) is 0 Å². The van der Waals surface area contributed by atoms with Crippen molar-refractivity contribution in [2.75, 3.05) is 5.32 Å². The quantitative estimate of drug-likeness (QED) is 0.206. The topological polar surface area (TPSA) is 83.8 Å². The van der Waals surface area contributed by atoms with Gasteiger partial charge in [-0.05, 0) is 48.5 Å². The summed E-state index contributed by atoms with van der Waals surface area (Å²) < 4.78 is 7.70. The van der Waals surface area contributed by atoms with Gasteiger partial charge in [-0.15, -0.1) is 0 Å². The van der Waals surface area contributed by atoms with Crippen LogP contribution in [-0.4, -0.2) is 15.7 Å². The van der Waals surface area contributed by atoms with E-state index in [4.69, 9.17) is 32.7 Å². The maximum absolute atomic E-state index is 12.9. The summed E-state index contributed by atoms with van der Waals surface area (Å²) in [6.07, 6.45) is 3.23. The van der Waals surface area contributed by atoms with Crippen LogP contribution >= 0.6 is 23.2 Å². The average Bonchev–Trinajstić information content (AvgIpc) is 3.49. The van der Waals surface area contributed by atoms with Crippen LogP contribution in [0.25, 0.3) is 34.2 Å². The smallest absolute Gasteiger partial charge is 0.266 e. The van der Waals surface area contributed by atoms with Crippen molar-refractivity contribution in [3.63, 3.8) is 0 Å². The zero-order valence-corrected chi connectivity index (χ0v) is 19.6. The standard InChI is InChI=1S/C27H16Cl2N4O2/c28-20-10-11-23(22(29)14-20)31-27(34)18(15-30)12-19-16-33(21-7-2-1-3-8-21)32-26(19)25-13-17-6-4-5-9-24(17)35-25/h1-14,16H,(H,31,34). The molecule has 0 fully saturated rings. The molecule has 0 aliphatic rings. The number of para-hydroxylation sites is 2.